The molecule has 1 nitrogen and oxygen atoms in total. The van der Waals surface area contributed by atoms with Gasteiger partial charge in [-0.1, -0.05) is 26.6 Å². The molecular formula is C12H24OSi. The summed E-state index contributed by atoms with van der Waals surface area (Å²) in [6.45, 7) is 9.42. The minimum atomic E-state index is -1.09. The van der Waals surface area contributed by atoms with Crippen molar-refractivity contribution >= 4 is 14.4 Å². The summed E-state index contributed by atoms with van der Waals surface area (Å²) in [4.78, 5) is 11.3. The van der Waals surface area contributed by atoms with Crippen LogP contribution in [-0.4, -0.2) is 14.4 Å². The van der Waals surface area contributed by atoms with E-state index in [1.807, 2.05) is 0 Å². The molecule has 0 unspecified atom stereocenters. The Kier molecular flexibility index (Phi) is 3.57. The van der Waals surface area contributed by atoms with E-state index < -0.39 is 8.07 Å². The lowest BCUT2D eigenvalue weighted by Crippen LogP contribution is -2.36. The van der Waals surface area contributed by atoms with Gasteiger partial charge in [-0.3, -0.25) is 0 Å². The molecule has 0 radical (unpaired) electrons. The quantitative estimate of drug-likeness (QED) is 0.515. The van der Waals surface area contributed by atoms with Gasteiger partial charge in [0, 0.05) is 13.5 Å². The van der Waals surface area contributed by atoms with E-state index in [9.17, 15) is 4.79 Å². The lowest BCUT2D eigenvalue weighted by molar-refractivity contribution is -0.117. The molecule has 1 rings (SSSR count). The maximum atomic E-state index is 11.3. The van der Waals surface area contributed by atoms with Crippen molar-refractivity contribution in [3.05, 3.63) is 0 Å². The molecule has 0 aromatic heterocycles. The zero-order valence-electron chi connectivity index (χ0n) is 10.1. The van der Waals surface area contributed by atoms with Gasteiger partial charge in [-0.05, 0) is 37.6 Å². The standard InChI is InChI=1S/C12H24OSi/c1-11-5-7-12(9-13,8-6-11)10-14(2,3)4/h9,11H,5-8,10H2,1-4H3. The molecule has 0 aromatic carbocycles. The van der Waals surface area contributed by atoms with Crippen LogP contribution in [0.3, 0.4) is 0 Å². The minimum absolute atomic E-state index is 0.0665. The van der Waals surface area contributed by atoms with E-state index in [2.05, 4.69) is 26.6 Å². The molecule has 1 saturated carbocycles. The second-order valence-corrected chi connectivity index (χ2v) is 11.9. The summed E-state index contributed by atoms with van der Waals surface area (Å²) in [5, 5.41) is 0. The van der Waals surface area contributed by atoms with Crippen molar-refractivity contribution in [1.82, 2.24) is 0 Å². The Labute approximate surface area is 89.3 Å². The molecule has 82 valence electrons. The molecule has 0 bridgehead atoms. The van der Waals surface area contributed by atoms with E-state index in [-0.39, 0.29) is 5.41 Å². The fraction of sp³-hybridized carbons (Fsp3) is 0.917. The molecule has 0 aliphatic heterocycles. The lowest BCUT2D eigenvalue weighted by atomic mass is 9.73. The van der Waals surface area contributed by atoms with Crippen LogP contribution in [0.4, 0.5) is 0 Å². The first-order chi connectivity index (χ1) is 6.37. The number of aldehydes is 1. The SMILES string of the molecule is CC1CCC(C=O)(C[Si](C)(C)C)CC1. The summed E-state index contributed by atoms with van der Waals surface area (Å²) in [7, 11) is -1.09. The van der Waals surface area contributed by atoms with Crippen LogP contribution in [0.1, 0.15) is 32.6 Å². The van der Waals surface area contributed by atoms with Crippen LogP contribution in [0.15, 0.2) is 0 Å². The molecule has 1 aliphatic rings. The van der Waals surface area contributed by atoms with Gasteiger partial charge >= 0.3 is 0 Å². The molecule has 0 saturated heterocycles. The molecule has 1 fully saturated rings. The van der Waals surface area contributed by atoms with Crippen molar-refractivity contribution < 1.29 is 4.79 Å². The maximum absolute atomic E-state index is 11.3. The molecule has 0 spiro atoms. The van der Waals surface area contributed by atoms with E-state index in [1.54, 1.807) is 0 Å². The van der Waals surface area contributed by atoms with Crippen molar-refractivity contribution in [2.24, 2.45) is 11.3 Å². The van der Waals surface area contributed by atoms with Crippen molar-refractivity contribution in [2.75, 3.05) is 0 Å². The third kappa shape index (κ3) is 3.23. The summed E-state index contributed by atoms with van der Waals surface area (Å²) in [6.07, 6.45) is 6.06. The summed E-state index contributed by atoms with van der Waals surface area (Å²) >= 11 is 0. The number of carbonyl (C=O) groups excluding carboxylic acids is 1. The van der Waals surface area contributed by atoms with Crippen molar-refractivity contribution in [1.29, 1.82) is 0 Å². The van der Waals surface area contributed by atoms with Gasteiger partial charge in [-0.2, -0.15) is 0 Å². The molecule has 2 heteroatoms. The Bertz CT molecular complexity index is 197. The Morgan fingerprint density at radius 2 is 1.79 bits per heavy atom. The van der Waals surface area contributed by atoms with Crippen molar-refractivity contribution in [3.63, 3.8) is 0 Å². The normalized spacial score (nSPS) is 34.1. The highest BCUT2D eigenvalue weighted by Gasteiger charge is 2.37. The number of hydrogen-bond acceptors (Lipinski definition) is 1. The van der Waals surface area contributed by atoms with Gasteiger partial charge in [0.1, 0.15) is 6.29 Å². The van der Waals surface area contributed by atoms with Gasteiger partial charge in [0.05, 0.1) is 0 Å². The number of carbonyl (C=O) groups is 1. The zero-order chi connectivity index (χ0) is 10.8. The molecule has 0 heterocycles. The highest BCUT2D eigenvalue weighted by Crippen LogP contribution is 2.42. The zero-order valence-corrected chi connectivity index (χ0v) is 11.1. The van der Waals surface area contributed by atoms with E-state index in [0.29, 0.717) is 0 Å². The average Bonchev–Trinajstić information content (AvgIpc) is 2.07. The van der Waals surface area contributed by atoms with Gasteiger partial charge in [0.15, 0.2) is 0 Å². The minimum Gasteiger partial charge on any atom is -0.303 e. The first-order valence-electron chi connectivity index (χ1n) is 5.83. The maximum Gasteiger partial charge on any atom is 0.125 e. The predicted molar refractivity (Wildman–Crippen MR) is 64.3 cm³/mol. The summed E-state index contributed by atoms with van der Waals surface area (Å²) in [5.74, 6) is 0.838. The first kappa shape index (κ1) is 12.0. The fourth-order valence-electron chi connectivity index (χ4n) is 2.73. The molecule has 0 atom stereocenters. The van der Waals surface area contributed by atoms with Gasteiger partial charge in [-0.15, -0.1) is 0 Å². The predicted octanol–water partition coefficient (Wildman–Crippen LogP) is 3.72. The number of hydrogen-bond donors (Lipinski definition) is 0. The van der Waals surface area contributed by atoms with Gasteiger partial charge in [0.2, 0.25) is 0 Å². The van der Waals surface area contributed by atoms with Crippen LogP contribution in [0.25, 0.3) is 0 Å². The van der Waals surface area contributed by atoms with Crippen LogP contribution >= 0.6 is 0 Å². The molecular weight excluding hydrogens is 188 g/mol. The second kappa shape index (κ2) is 4.17. The average molecular weight is 212 g/mol. The topological polar surface area (TPSA) is 17.1 Å². The number of rotatable bonds is 3. The highest BCUT2D eigenvalue weighted by molar-refractivity contribution is 6.76. The van der Waals surface area contributed by atoms with Crippen LogP contribution in [0.2, 0.25) is 25.7 Å². The lowest BCUT2D eigenvalue weighted by Gasteiger charge is -2.38. The molecule has 1 aliphatic carbocycles. The Hall–Kier alpha value is -0.113. The third-order valence-corrected chi connectivity index (χ3v) is 5.17. The molecule has 0 N–H and O–H groups in total. The van der Waals surface area contributed by atoms with E-state index >= 15 is 0 Å². The molecule has 0 aromatic rings. The third-order valence-electron chi connectivity index (χ3n) is 3.40. The van der Waals surface area contributed by atoms with Crippen LogP contribution in [0.5, 0.6) is 0 Å². The molecule has 14 heavy (non-hydrogen) atoms. The summed E-state index contributed by atoms with van der Waals surface area (Å²) < 4.78 is 0. The van der Waals surface area contributed by atoms with Crippen LogP contribution in [-0.2, 0) is 4.79 Å². The largest absolute Gasteiger partial charge is 0.303 e. The van der Waals surface area contributed by atoms with E-state index in [0.717, 1.165) is 18.8 Å². The molecule has 0 amide bonds. The second-order valence-electron chi connectivity index (χ2n) is 6.40. The fourth-order valence-corrected chi connectivity index (χ4v) is 5.28. The van der Waals surface area contributed by atoms with Crippen molar-refractivity contribution in [2.45, 2.75) is 58.3 Å². The highest BCUT2D eigenvalue weighted by atomic mass is 28.3. The summed E-state index contributed by atoms with van der Waals surface area (Å²) in [5.41, 5.74) is 0.0665. The first-order valence-corrected chi connectivity index (χ1v) is 9.54. The van der Waals surface area contributed by atoms with Gasteiger partial charge in [0.25, 0.3) is 0 Å². The van der Waals surface area contributed by atoms with Gasteiger partial charge < -0.3 is 4.79 Å². The van der Waals surface area contributed by atoms with Gasteiger partial charge in [-0.25, -0.2) is 0 Å². The van der Waals surface area contributed by atoms with E-state index in [4.69, 9.17) is 0 Å². The van der Waals surface area contributed by atoms with Crippen LogP contribution < -0.4 is 0 Å². The Balaban J connectivity index is 2.63. The smallest absolute Gasteiger partial charge is 0.125 e. The van der Waals surface area contributed by atoms with Crippen molar-refractivity contribution in [3.8, 4) is 0 Å². The monoisotopic (exact) mass is 212 g/mol. The van der Waals surface area contributed by atoms with Crippen LogP contribution in [0, 0.1) is 11.3 Å². The van der Waals surface area contributed by atoms with E-state index in [1.165, 1.54) is 25.2 Å². The Morgan fingerprint density at radius 3 is 2.14 bits per heavy atom. The Morgan fingerprint density at radius 1 is 1.29 bits per heavy atom. The summed E-state index contributed by atoms with van der Waals surface area (Å²) in [6, 6.07) is 1.19.